The van der Waals surface area contributed by atoms with E-state index in [0.717, 1.165) is 16.7 Å². The third kappa shape index (κ3) is 3.63. The number of cyclic esters (lactones) is 1. The van der Waals surface area contributed by atoms with E-state index in [2.05, 4.69) is 0 Å². The number of likely N-dealkylation sites (tertiary alicyclic amines) is 1. The zero-order valence-electron chi connectivity index (χ0n) is 17.2. The van der Waals surface area contributed by atoms with Gasteiger partial charge >= 0.3 is 18.2 Å². The topological polar surface area (TPSA) is 85.4 Å². The molecule has 0 bridgehead atoms. The third-order valence-corrected chi connectivity index (χ3v) is 5.68. The first-order chi connectivity index (χ1) is 13.6. The van der Waals surface area contributed by atoms with Gasteiger partial charge in [-0.1, -0.05) is 6.07 Å². The molecular weight excluding hydrogens is 376 g/mol. The molecule has 0 aliphatic carbocycles. The Balaban J connectivity index is 1.46. The van der Waals surface area contributed by atoms with Crippen LogP contribution in [0.5, 0.6) is 0 Å². The first kappa shape index (κ1) is 19.5. The van der Waals surface area contributed by atoms with Crippen molar-refractivity contribution in [2.24, 2.45) is 0 Å². The Hall–Kier alpha value is -2.77. The summed E-state index contributed by atoms with van der Waals surface area (Å²) in [6, 6.07) is 3.54. The fourth-order valence-corrected chi connectivity index (χ4v) is 4.14. The van der Waals surface area contributed by atoms with Crippen molar-refractivity contribution in [1.29, 1.82) is 0 Å². The molecule has 8 nitrogen and oxygen atoms in total. The number of carbonyl (C=O) groups excluding carboxylic acids is 3. The minimum absolute atomic E-state index is 0.0910. The van der Waals surface area contributed by atoms with Crippen molar-refractivity contribution >= 4 is 18.2 Å². The maximum atomic E-state index is 12.5. The normalized spacial score (nSPS) is 23.4. The quantitative estimate of drug-likeness (QED) is 0.558. The second-order valence-electron chi connectivity index (χ2n) is 8.78. The molecule has 2 amide bonds. The Labute approximate surface area is 169 Å². The Morgan fingerprint density at radius 3 is 2.76 bits per heavy atom. The second-order valence-corrected chi connectivity index (χ2v) is 8.78. The molecule has 0 unspecified atom stereocenters. The Morgan fingerprint density at radius 2 is 2.03 bits per heavy atom. The molecule has 3 aliphatic rings. The Bertz CT molecular complexity index is 875. The molecule has 4 rings (SSSR count). The molecule has 0 N–H and O–H groups in total. The largest absolute Gasteiger partial charge is 0.457 e. The fraction of sp³-hybridized carbons (Fsp3) is 0.571. The molecule has 29 heavy (non-hydrogen) atoms. The van der Waals surface area contributed by atoms with Crippen molar-refractivity contribution in [1.82, 2.24) is 9.80 Å². The first-order valence-electron chi connectivity index (χ1n) is 9.87. The second kappa shape index (κ2) is 6.93. The summed E-state index contributed by atoms with van der Waals surface area (Å²) in [7, 11) is 0. The van der Waals surface area contributed by atoms with Gasteiger partial charge in [0.1, 0.15) is 18.3 Å². The Morgan fingerprint density at radius 1 is 1.28 bits per heavy atom. The average Bonchev–Trinajstić information content (AvgIpc) is 3.16. The van der Waals surface area contributed by atoms with Crippen molar-refractivity contribution in [3.05, 3.63) is 34.4 Å². The van der Waals surface area contributed by atoms with Crippen LogP contribution in [-0.2, 0) is 27.4 Å². The number of carbonyl (C=O) groups is 3. The summed E-state index contributed by atoms with van der Waals surface area (Å²) in [6.45, 7) is 8.93. The van der Waals surface area contributed by atoms with E-state index in [1.165, 1.54) is 0 Å². The molecule has 0 saturated carbocycles. The van der Waals surface area contributed by atoms with Gasteiger partial charge in [0, 0.05) is 18.7 Å². The lowest BCUT2D eigenvalue weighted by Crippen LogP contribution is -2.51. The minimum atomic E-state index is -0.567. The molecule has 3 heterocycles. The first-order valence-corrected chi connectivity index (χ1v) is 9.87. The number of fused-ring (bicyclic) bond motifs is 2. The third-order valence-electron chi connectivity index (χ3n) is 5.68. The lowest BCUT2D eigenvalue weighted by Gasteiger charge is -2.36. The highest BCUT2D eigenvalue weighted by Gasteiger charge is 2.46. The molecule has 8 heteroatoms. The van der Waals surface area contributed by atoms with E-state index in [1.807, 2.05) is 33.8 Å². The van der Waals surface area contributed by atoms with Gasteiger partial charge in [-0.25, -0.2) is 14.4 Å². The lowest BCUT2D eigenvalue weighted by molar-refractivity contribution is 0.00303. The number of ether oxygens (including phenoxy) is 3. The summed E-state index contributed by atoms with van der Waals surface area (Å²) in [6.07, 6.45) is -0.507. The zero-order valence-corrected chi connectivity index (χ0v) is 17.2. The van der Waals surface area contributed by atoms with Crippen molar-refractivity contribution in [2.45, 2.75) is 65.0 Å². The average molecular weight is 402 g/mol. The maximum Gasteiger partial charge on any atom is 0.410 e. The molecular formula is C21H26N2O6. The van der Waals surface area contributed by atoms with Gasteiger partial charge in [0.15, 0.2) is 0 Å². The van der Waals surface area contributed by atoms with Gasteiger partial charge in [0.25, 0.3) is 0 Å². The number of amides is 2. The van der Waals surface area contributed by atoms with E-state index in [1.54, 1.807) is 15.9 Å². The molecule has 0 aromatic heterocycles. The van der Waals surface area contributed by atoms with Gasteiger partial charge in [-0.05, 0) is 51.3 Å². The number of piperidine rings is 1. The maximum absolute atomic E-state index is 12.5. The summed E-state index contributed by atoms with van der Waals surface area (Å²) in [5.41, 5.74) is 2.85. The zero-order chi connectivity index (χ0) is 20.9. The molecule has 1 aromatic carbocycles. The highest BCUT2D eigenvalue weighted by molar-refractivity contribution is 5.94. The van der Waals surface area contributed by atoms with Crippen LogP contribution in [0.4, 0.5) is 9.59 Å². The van der Waals surface area contributed by atoms with Crippen LogP contribution >= 0.6 is 0 Å². The summed E-state index contributed by atoms with van der Waals surface area (Å²) < 4.78 is 16.1. The fourth-order valence-electron chi connectivity index (χ4n) is 4.14. The Kier molecular flexibility index (Phi) is 4.67. The monoisotopic (exact) mass is 402 g/mol. The van der Waals surface area contributed by atoms with Gasteiger partial charge in [-0.3, -0.25) is 4.90 Å². The predicted molar refractivity (Wildman–Crippen MR) is 102 cm³/mol. The number of hydrogen-bond donors (Lipinski definition) is 0. The standard InChI is InChI=1S/C21H26N2O6/c1-12-13(5-6-14-15(12)11-27-18(14)24)9-23-16-7-8-22(10-17(16)28-20(23)26)19(25)29-21(2,3)4/h5-6,16-17H,7-11H2,1-4H3/t16-,17+/m0/s1. The van der Waals surface area contributed by atoms with Crippen molar-refractivity contribution in [3.8, 4) is 0 Å². The highest BCUT2D eigenvalue weighted by Crippen LogP contribution is 2.32. The van der Waals surface area contributed by atoms with Crippen molar-refractivity contribution < 1.29 is 28.6 Å². The van der Waals surface area contributed by atoms with E-state index in [4.69, 9.17) is 14.2 Å². The number of benzene rings is 1. The molecule has 3 aliphatic heterocycles. The van der Waals surface area contributed by atoms with Crippen LogP contribution in [0.3, 0.4) is 0 Å². The molecule has 2 fully saturated rings. The molecule has 0 spiro atoms. The number of hydrogen-bond acceptors (Lipinski definition) is 6. The van der Waals surface area contributed by atoms with E-state index in [-0.39, 0.29) is 36.9 Å². The molecule has 2 saturated heterocycles. The van der Waals surface area contributed by atoms with Crippen molar-refractivity contribution in [3.63, 3.8) is 0 Å². The molecule has 156 valence electrons. The highest BCUT2D eigenvalue weighted by atomic mass is 16.6. The molecule has 1 aromatic rings. The van der Waals surface area contributed by atoms with E-state index in [0.29, 0.717) is 31.6 Å². The number of rotatable bonds is 2. The van der Waals surface area contributed by atoms with E-state index >= 15 is 0 Å². The van der Waals surface area contributed by atoms with Crippen LogP contribution in [0.2, 0.25) is 0 Å². The molecule has 0 radical (unpaired) electrons. The molecule has 2 atom stereocenters. The van der Waals surface area contributed by atoms with Gasteiger partial charge < -0.3 is 19.1 Å². The van der Waals surface area contributed by atoms with Crippen LogP contribution in [0.25, 0.3) is 0 Å². The predicted octanol–water partition coefficient (Wildman–Crippen LogP) is 3.00. The van der Waals surface area contributed by atoms with Gasteiger partial charge in [0.05, 0.1) is 18.2 Å². The van der Waals surface area contributed by atoms with Crippen LogP contribution in [0.15, 0.2) is 12.1 Å². The minimum Gasteiger partial charge on any atom is -0.457 e. The van der Waals surface area contributed by atoms with Gasteiger partial charge in [-0.15, -0.1) is 0 Å². The SMILES string of the molecule is Cc1c(CN2C(=O)O[C@@H]3CN(C(=O)OC(C)(C)C)CC[C@@H]32)ccc2c1COC2=O. The summed E-state index contributed by atoms with van der Waals surface area (Å²) >= 11 is 0. The lowest BCUT2D eigenvalue weighted by atomic mass is 9.97. The van der Waals surface area contributed by atoms with Crippen LogP contribution in [0, 0.1) is 6.92 Å². The van der Waals surface area contributed by atoms with Gasteiger partial charge in [0.2, 0.25) is 0 Å². The smallest absolute Gasteiger partial charge is 0.410 e. The summed E-state index contributed by atoms with van der Waals surface area (Å²) in [5, 5.41) is 0. The van der Waals surface area contributed by atoms with E-state index < -0.39 is 5.60 Å². The summed E-state index contributed by atoms with van der Waals surface area (Å²) in [5.74, 6) is -0.301. The van der Waals surface area contributed by atoms with Crippen molar-refractivity contribution in [2.75, 3.05) is 13.1 Å². The van der Waals surface area contributed by atoms with Crippen LogP contribution in [0.1, 0.15) is 54.2 Å². The van der Waals surface area contributed by atoms with E-state index in [9.17, 15) is 14.4 Å². The number of esters is 1. The van der Waals surface area contributed by atoms with Gasteiger partial charge in [-0.2, -0.15) is 0 Å². The number of nitrogens with zero attached hydrogens (tertiary/aromatic N) is 2. The van der Waals surface area contributed by atoms with Crippen LogP contribution in [-0.4, -0.2) is 58.8 Å². The summed E-state index contributed by atoms with van der Waals surface area (Å²) in [4.78, 5) is 40.0. The van der Waals surface area contributed by atoms with Crippen LogP contribution < -0.4 is 0 Å².